The molecule has 0 fully saturated rings. The Hall–Kier alpha value is -1.31. The molecule has 0 spiro atoms. The Bertz CT molecular complexity index is 349. The number of aromatic amines is 1. The third-order valence-electron chi connectivity index (χ3n) is 1.50. The van der Waals surface area contributed by atoms with E-state index in [9.17, 15) is 0 Å². The molecule has 0 saturated heterocycles. The molecule has 2 aromatic heterocycles. The van der Waals surface area contributed by atoms with Gasteiger partial charge in [-0.1, -0.05) is 0 Å². The van der Waals surface area contributed by atoms with Gasteiger partial charge in [-0.15, -0.1) is 0 Å². The molecular weight excluding hydrogens is 124 g/mol. The highest BCUT2D eigenvalue weighted by Crippen LogP contribution is 2.09. The number of hydrogen-bond donors (Lipinski definition) is 1. The van der Waals surface area contributed by atoms with Gasteiger partial charge in [0.25, 0.3) is 0 Å². The van der Waals surface area contributed by atoms with E-state index in [1.807, 2.05) is 19.2 Å². The van der Waals surface area contributed by atoms with Gasteiger partial charge in [0.15, 0.2) is 0 Å². The minimum Gasteiger partial charge on any atom is -0.359 e. The molecule has 2 aromatic rings. The maximum Gasteiger partial charge on any atom is 0.0647 e. The van der Waals surface area contributed by atoms with E-state index in [0.29, 0.717) is 0 Å². The first-order chi connectivity index (χ1) is 4.86. The van der Waals surface area contributed by atoms with Crippen LogP contribution in [0.4, 0.5) is 0 Å². The van der Waals surface area contributed by atoms with Crippen LogP contribution in [0.1, 0.15) is 5.69 Å². The van der Waals surface area contributed by atoms with Crippen molar-refractivity contribution in [3.63, 3.8) is 0 Å². The van der Waals surface area contributed by atoms with Crippen LogP contribution in [0.2, 0.25) is 0 Å². The first kappa shape index (κ1) is 5.47. The molecular formula is C8H7N2. The Morgan fingerprint density at radius 3 is 3.40 bits per heavy atom. The second kappa shape index (κ2) is 1.84. The summed E-state index contributed by atoms with van der Waals surface area (Å²) in [7, 11) is 0. The zero-order valence-corrected chi connectivity index (χ0v) is 5.68. The Kier molecular flexibility index (Phi) is 1.01. The number of nitrogens with one attached hydrogen (secondary N) is 1. The van der Waals surface area contributed by atoms with E-state index >= 15 is 0 Å². The molecule has 0 aliphatic heterocycles. The van der Waals surface area contributed by atoms with Crippen LogP contribution in [-0.4, -0.2) is 9.97 Å². The SMILES string of the molecule is Cc1cc2[c]c[nH]c2cn1. The van der Waals surface area contributed by atoms with Crippen molar-refractivity contribution in [1.29, 1.82) is 0 Å². The molecule has 0 aromatic carbocycles. The highest BCUT2D eigenvalue weighted by molar-refractivity contribution is 5.77. The first-order valence-corrected chi connectivity index (χ1v) is 3.18. The summed E-state index contributed by atoms with van der Waals surface area (Å²) in [6.07, 6.45) is 3.62. The minimum absolute atomic E-state index is 1.03. The number of aryl methyl sites for hydroxylation is 1. The first-order valence-electron chi connectivity index (χ1n) is 3.18. The van der Waals surface area contributed by atoms with E-state index in [0.717, 1.165) is 16.6 Å². The number of fused-ring (bicyclic) bond motifs is 1. The van der Waals surface area contributed by atoms with Crippen molar-refractivity contribution in [2.75, 3.05) is 0 Å². The van der Waals surface area contributed by atoms with Crippen molar-refractivity contribution < 1.29 is 0 Å². The largest absolute Gasteiger partial charge is 0.359 e. The average molecular weight is 131 g/mol. The van der Waals surface area contributed by atoms with Crippen LogP contribution in [0.3, 0.4) is 0 Å². The van der Waals surface area contributed by atoms with Crippen molar-refractivity contribution in [3.8, 4) is 0 Å². The summed E-state index contributed by atoms with van der Waals surface area (Å²) in [5.74, 6) is 0. The van der Waals surface area contributed by atoms with Crippen LogP contribution in [0.15, 0.2) is 18.5 Å². The van der Waals surface area contributed by atoms with E-state index < -0.39 is 0 Å². The molecule has 0 unspecified atom stereocenters. The van der Waals surface area contributed by atoms with Crippen molar-refractivity contribution in [3.05, 3.63) is 30.2 Å². The van der Waals surface area contributed by atoms with Crippen LogP contribution in [-0.2, 0) is 0 Å². The van der Waals surface area contributed by atoms with Gasteiger partial charge in [0, 0.05) is 23.3 Å². The lowest BCUT2D eigenvalue weighted by atomic mass is 10.3. The van der Waals surface area contributed by atoms with E-state index in [1.165, 1.54) is 0 Å². The van der Waals surface area contributed by atoms with Crippen LogP contribution in [0.25, 0.3) is 10.9 Å². The molecule has 2 rings (SSSR count). The second-order valence-corrected chi connectivity index (χ2v) is 2.30. The second-order valence-electron chi connectivity index (χ2n) is 2.30. The number of aromatic nitrogens is 2. The molecule has 1 radical (unpaired) electrons. The normalized spacial score (nSPS) is 10.5. The molecule has 0 aliphatic carbocycles. The van der Waals surface area contributed by atoms with Crippen molar-refractivity contribution in [2.24, 2.45) is 0 Å². The van der Waals surface area contributed by atoms with Gasteiger partial charge in [-0.2, -0.15) is 0 Å². The quantitative estimate of drug-likeness (QED) is 0.578. The van der Waals surface area contributed by atoms with E-state index in [-0.39, 0.29) is 0 Å². The van der Waals surface area contributed by atoms with Gasteiger partial charge in [-0.25, -0.2) is 0 Å². The number of H-pyrrole nitrogens is 1. The third-order valence-corrected chi connectivity index (χ3v) is 1.50. The van der Waals surface area contributed by atoms with E-state index in [4.69, 9.17) is 0 Å². The predicted octanol–water partition coefficient (Wildman–Crippen LogP) is 1.67. The lowest BCUT2D eigenvalue weighted by Gasteiger charge is -1.89. The molecule has 1 N–H and O–H groups in total. The fourth-order valence-electron chi connectivity index (χ4n) is 0.986. The summed E-state index contributed by atoms with van der Waals surface area (Å²) in [5, 5.41) is 1.10. The Morgan fingerprint density at radius 2 is 2.50 bits per heavy atom. The van der Waals surface area contributed by atoms with Crippen molar-refractivity contribution in [1.82, 2.24) is 9.97 Å². The molecule has 0 atom stereocenters. The Morgan fingerprint density at radius 1 is 1.60 bits per heavy atom. The highest BCUT2D eigenvalue weighted by Gasteiger charge is 1.92. The average Bonchev–Trinajstić information content (AvgIpc) is 2.33. The molecule has 0 aliphatic rings. The third kappa shape index (κ3) is 0.692. The van der Waals surface area contributed by atoms with Gasteiger partial charge in [0.2, 0.25) is 0 Å². The van der Waals surface area contributed by atoms with Gasteiger partial charge in [-0.3, -0.25) is 4.98 Å². The van der Waals surface area contributed by atoms with Crippen LogP contribution < -0.4 is 0 Å². The Labute approximate surface area is 58.9 Å². The molecule has 2 nitrogen and oxygen atoms in total. The summed E-state index contributed by atoms with van der Waals surface area (Å²) >= 11 is 0. The van der Waals surface area contributed by atoms with Crippen molar-refractivity contribution >= 4 is 10.9 Å². The zero-order valence-electron chi connectivity index (χ0n) is 5.68. The molecule has 2 heterocycles. The summed E-state index contributed by atoms with van der Waals surface area (Å²) in [6.45, 7) is 1.97. The molecule has 49 valence electrons. The van der Waals surface area contributed by atoms with Crippen LogP contribution >= 0.6 is 0 Å². The minimum atomic E-state index is 1.03. The molecule has 0 bridgehead atoms. The number of rotatable bonds is 0. The number of hydrogen-bond acceptors (Lipinski definition) is 1. The van der Waals surface area contributed by atoms with Crippen LogP contribution in [0, 0.1) is 13.0 Å². The molecule has 0 amide bonds. The van der Waals surface area contributed by atoms with Crippen molar-refractivity contribution in [2.45, 2.75) is 6.92 Å². The standard InChI is InChI=1S/C8H7N2/c1-6-4-7-2-3-9-8(7)5-10-6/h3-5,9H,1H3. The molecule has 2 heteroatoms. The van der Waals surface area contributed by atoms with E-state index in [2.05, 4.69) is 16.0 Å². The Balaban J connectivity index is 2.86. The fourth-order valence-corrected chi connectivity index (χ4v) is 0.986. The van der Waals surface area contributed by atoms with Gasteiger partial charge < -0.3 is 4.98 Å². The van der Waals surface area contributed by atoms with Gasteiger partial charge in [0.1, 0.15) is 0 Å². The topological polar surface area (TPSA) is 28.7 Å². The van der Waals surface area contributed by atoms with Gasteiger partial charge >= 0.3 is 0 Å². The zero-order chi connectivity index (χ0) is 6.97. The summed E-state index contributed by atoms with van der Waals surface area (Å²) in [4.78, 5) is 7.16. The summed E-state index contributed by atoms with van der Waals surface area (Å²) < 4.78 is 0. The molecule has 10 heavy (non-hydrogen) atoms. The summed E-state index contributed by atoms with van der Waals surface area (Å²) in [6, 6.07) is 5.07. The number of pyridine rings is 1. The fraction of sp³-hybridized carbons (Fsp3) is 0.125. The monoisotopic (exact) mass is 131 g/mol. The molecule has 0 saturated carbocycles. The number of nitrogens with zero attached hydrogens (tertiary/aromatic N) is 1. The lowest BCUT2D eigenvalue weighted by molar-refractivity contribution is 1.22. The predicted molar refractivity (Wildman–Crippen MR) is 39.7 cm³/mol. The maximum atomic E-state index is 4.13. The van der Waals surface area contributed by atoms with Gasteiger partial charge in [0.05, 0.1) is 11.7 Å². The smallest absolute Gasteiger partial charge is 0.0647 e. The van der Waals surface area contributed by atoms with E-state index in [1.54, 1.807) is 6.20 Å². The summed E-state index contributed by atoms with van der Waals surface area (Å²) in [5.41, 5.74) is 2.08. The maximum absolute atomic E-state index is 4.13. The highest BCUT2D eigenvalue weighted by atomic mass is 14.7. The lowest BCUT2D eigenvalue weighted by Crippen LogP contribution is -1.77. The van der Waals surface area contributed by atoms with Crippen LogP contribution in [0.5, 0.6) is 0 Å². The van der Waals surface area contributed by atoms with Gasteiger partial charge in [-0.05, 0) is 13.0 Å².